The number of anilines is 2. The van der Waals surface area contributed by atoms with Crippen molar-refractivity contribution in [2.75, 3.05) is 42.7 Å². The first-order chi connectivity index (χ1) is 14.7. The van der Waals surface area contributed by atoms with Crippen molar-refractivity contribution in [3.05, 3.63) is 46.2 Å². The van der Waals surface area contributed by atoms with Gasteiger partial charge in [0.2, 0.25) is 0 Å². The van der Waals surface area contributed by atoms with Crippen molar-refractivity contribution in [2.24, 2.45) is 0 Å². The first-order valence-corrected chi connectivity index (χ1v) is 11.2. The zero-order chi connectivity index (χ0) is 20.9. The third kappa shape index (κ3) is 4.41. The molecule has 0 unspecified atom stereocenters. The Bertz CT molecular complexity index is 1070. The van der Waals surface area contributed by atoms with Crippen LogP contribution in [0.2, 0.25) is 0 Å². The number of thioether (sulfide) groups is 1. The Kier molecular flexibility index (Phi) is 6.49. The molecular weight excluding hydrogens is 400 g/mol. The minimum atomic E-state index is -0.170. The van der Waals surface area contributed by atoms with Crippen LogP contribution in [-0.4, -0.2) is 51.6 Å². The Morgan fingerprint density at radius 3 is 2.63 bits per heavy atom. The molecule has 0 amide bonds. The van der Waals surface area contributed by atoms with E-state index in [1.165, 1.54) is 0 Å². The molecule has 1 fully saturated rings. The number of morpholine rings is 1. The Labute approximate surface area is 179 Å². The van der Waals surface area contributed by atoms with E-state index in [0.29, 0.717) is 60.8 Å². The minimum absolute atomic E-state index is 0.170. The van der Waals surface area contributed by atoms with Crippen LogP contribution < -0.4 is 16.2 Å². The second-order valence-corrected chi connectivity index (χ2v) is 8.24. The summed E-state index contributed by atoms with van der Waals surface area (Å²) in [5.74, 6) is 1.59. The molecule has 0 aliphatic carbocycles. The summed E-state index contributed by atoms with van der Waals surface area (Å²) in [7, 11) is 0. The molecule has 1 aliphatic rings. The topological polar surface area (TPSA) is 99.2 Å². The predicted molar refractivity (Wildman–Crippen MR) is 120 cm³/mol. The lowest BCUT2D eigenvalue weighted by Crippen LogP contribution is -2.41. The van der Waals surface area contributed by atoms with E-state index in [0.717, 1.165) is 24.2 Å². The average Bonchev–Trinajstić information content (AvgIpc) is 2.77. The maximum atomic E-state index is 13.5. The van der Waals surface area contributed by atoms with E-state index in [9.17, 15) is 4.79 Å². The van der Waals surface area contributed by atoms with Crippen molar-refractivity contribution in [3.8, 4) is 0 Å². The van der Waals surface area contributed by atoms with E-state index in [2.05, 4.69) is 21.9 Å². The van der Waals surface area contributed by atoms with Crippen LogP contribution in [0.1, 0.15) is 25.3 Å². The summed E-state index contributed by atoms with van der Waals surface area (Å²) in [5, 5.41) is 0.579. The van der Waals surface area contributed by atoms with Gasteiger partial charge in [0.05, 0.1) is 19.8 Å². The predicted octanol–water partition coefficient (Wildman–Crippen LogP) is 2.55. The molecule has 1 aliphatic heterocycles. The van der Waals surface area contributed by atoms with Gasteiger partial charge in [0, 0.05) is 18.8 Å². The molecule has 3 aromatic rings. The van der Waals surface area contributed by atoms with Crippen LogP contribution in [0.25, 0.3) is 11.2 Å². The normalized spacial score (nSPS) is 14.4. The van der Waals surface area contributed by atoms with Crippen molar-refractivity contribution in [1.29, 1.82) is 0 Å². The second kappa shape index (κ2) is 9.44. The van der Waals surface area contributed by atoms with Gasteiger partial charge in [-0.25, -0.2) is 15.0 Å². The molecular formula is C21H26N6O2S. The van der Waals surface area contributed by atoms with Crippen LogP contribution in [0, 0.1) is 0 Å². The molecule has 3 heterocycles. The zero-order valence-corrected chi connectivity index (χ0v) is 17.9. The van der Waals surface area contributed by atoms with Gasteiger partial charge in [0.15, 0.2) is 28.0 Å². The lowest BCUT2D eigenvalue weighted by Gasteiger charge is -2.28. The van der Waals surface area contributed by atoms with Crippen LogP contribution >= 0.6 is 11.8 Å². The Balaban J connectivity index is 1.85. The first kappa shape index (κ1) is 20.6. The quantitative estimate of drug-likeness (QED) is 0.350. The average molecular weight is 427 g/mol. The number of nitrogens with zero attached hydrogens (tertiary/aromatic N) is 5. The van der Waals surface area contributed by atoms with Gasteiger partial charge < -0.3 is 15.4 Å². The number of unbranched alkanes of at least 4 members (excludes halogenated alkanes) is 1. The van der Waals surface area contributed by atoms with Crippen LogP contribution in [0.3, 0.4) is 0 Å². The molecule has 2 aromatic heterocycles. The maximum absolute atomic E-state index is 13.5. The molecule has 0 saturated carbocycles. The van der Waals surface area contributed by atoms with Gasteiger partial charge in [0.25, 0.3) is 5.56 Å². The summed E-state index contributed by atoms with van der Waals surface area (Å²) >= 11 is 1.55. The SMILES string of the molecule is CCCCSc1nc(N)c2nc(N3CCOCC3)c(=O)n(Cc3ccccc3)c2n1. The van der Waals surface area contributed by atoms with Gasteiger partial charge >= 0.3 is 0 Å². The van der Waals surface area contributed by atoms with E-state index < -0.39 is 0 Å². The number of ether oxygens (including phenoxy) is 1. The summed E-state index contributed by atoms with van der Waals surface area (Å²) in [6.45, 7) is 4.90. The molecule has 0 radical (unpaired) electrons. The fourth-order valence-electron chi connectivity index (χ4n) is 3.37. The van der Waals surface area contributed by atoms with Gasteiger partial charge in [-0.3, -0.25) is 9.36 Å². The largest absolute Gasteiger partial charge is 0.382 e. The molecule has 4 rings (SSSR count). The molecule has 1 saturated heterocycles. The number of aromatic nitrogens is 4. The highest BCUT2D eigenvalue weighted by Gasteiger charge is 2.22. The number of nitrogens with two attached hydrogens (primary N) is 1. The lowest BCUT2D eigenvalue weighted by molar-refractivity contribution is 0.122. The van der Waals surface area contributed by atoms with Gasteiger partial charge in [-0.1, -0.05) is 55.4 Å². The third-order valence-electron chi connectivity index (χ3n) is 5.01. The molecule has 30 heavy (non-hydrogen) atoms. The van der Waals surface area contributed by atoms with Gasteiger partial charge in [0.1, 0.15) is 0 Å². The highest BCUT2D eigenvalue weighted by atomic mass is 32.2. The number of hydrogen-bond donors (Lipinski definition) is 1. The molecule has 0 bridgehead atoms. The Morgan fingerprint density at radius 2 is 1.90 bits per heavy atom. The Hall–Kier alpha value is -2.65. The monoisotopic (exact) mass is 426 g/mol. The van der Waals surface area contributed by atoms with E-state index in [1.54, 1.807) is 16.3 Å². The number of nitrogen functional groups attached to an aromatic ring is 1. The summed E-state index contributed by atoms with van der Waals surface area (Å²) < 4.78 is 7.10. The summed E-state index contributed by atoms with van der Waals surface area (Å²) in [5.41, 5.74) is 8.07. The van der Waals surface area contributed by atoms with Crippen molar-refractivity contribution < 1.29 is 4.74 Å². The van der Waals surface area contributed by atoms with E-state index in [1.807, 2.05) is 35.2 Å². The van der Waals surface area contributed by atoms with Gasteiger partial charge in [-0.15, -0.1) is 0 Å². The van der Waals surface area contributed by atoms with Crippen molar-refractivity contribution >= 4 is 34.6 Å². The number of hydrogen-bond acceptors (Lipinski definition) is 8. The molecule has 0 atom stereocenters. The van der Waals surface area contributed by atoms with Gasteiger partial charge in [-0.2, -0.15) is 0 Å². The van der Waals surface area contributed by atoms with Crippen molar-refractivity contribution in [3.63, 3.8) is 0 Å². The highest BCUT2D eigenvalue weighted by molar-refractivity contribution is 7.99. The van der Waals surface area contributed by atoms with Crippen molar-refractivity contribution in [2.45, 2.75) is 31.5 Å². The maximum Gasteiger partial charge on any atom is 0.295 e. The molecule has 9 heteroatoms. The van der Waals surface area contributed by atoms with Crippen molar-refractivity contribution in [1.82, 2.24) is 19.5 Å². The van der Waals surface area contributed by atoms with Crippen LogP contribution in [0.4, 0.5) is 11.6 Å². The van der Waals surface area contributed by atoms with Crippen LogP contribution in [0.15, 0.2) is 40.3 Å². The number of fused-ring (bicyclic) bond motifs is 1. The smallest absolute Gasteiger partial charge is 0.295 e. The fraction of sp³-hybridized carbons (Fsp3) is 0.429. The van der Waals surface area contributed by atoms with E-state index >= 15 is 0 Å². The highest BCUT2D eigenvalue weighted by Crippen LogP contribution is 2.23. The van der Waals surface area contributed by atoms with Crippen LogP contribution in [-0.2, 0) is 11.3 Å². The van der Waals surface area contributed by atoms with Gasteiger partial charge in [-0.05, 0) is 12.0 Å². The lowest BCUT2D eigenvalue weighted by atomic mass is 10.2. The standard InChI is InChI=1S/C21H26N6O2S/c1-2-3-13-30-21-24-17(22)16-18(25-21)27(14-15-7-5-4-6-8-15)20(28)19(23-16)26-9-11-29-12-10-26/h4-8H,2-3,9-14H2,1H3,(H2,22,24,25). The summed E-state index contributed by atoms with van der Waals surface area (Å²) in [6.07, 6.45) is 2.16. The molecule has 2 N–H and O–H groups in total. The summed E-state index contributed by atoms with van der Waals surface area (Å²) in [4.78, 5) is 29.2. The zero-order valence-electron chi connectivity index (χ0n) is 17.1. The summed E-state index contributed by atoms with van der Waals surface area (Å²) in [6, 6.07) is 9.87. The Morgan fingerprint density at radius 1 is 1.13 bits per heavy atom. The molecule has 8 nitrogen and oxygen atoms in total. The third-order valence-corrected chi connectivity index (χ3v) is 5.94. The first-order valence-electron chi connectivity index (χ1n) is 10.2. The van der Waals surface area contributed by atoms with E-state index in [-0.39, 0.29) is 5.56 Å². The molecule has 0 spiro atoms. The molecule has 1 aromatic carbocycles. The fourth-order valence-corrected chi connectivity index (χ4v) is 4.30. The van der Waals surface area contributed by atoms with Crippen LogP contribution in [0.5, 0.6) is 0 Å². The number of rotatable bonds is 7. The second-order valence-electron chi connectivity index (χ2n) is 7.18. The molecule has 158 valence electrons. The van der Waals surface area contributed by atoms with E-state index in [4.69, 9.17) is 10.5 Å². The number of benzene rings is 1. The minimum Gasteiger partial charge on any atom is -0.382 e.